The predicted octanol–water partition coefficient (Wildman–Crippen LogP) is 2.36. The van der Waals surface area contributed by atoms with E-state index in [0.717, 1.165) is 11.1 Å². The van der Waals surface area contributed by atoms with Crippen LogP contribution in [0, 0.1) is 11.5 Å². The quantitative estimate of drug-likeness (QED) is 0.581. The van der Waals surface area contributed by atoms with Crippen LogP contribution in [0.3, 0.4) is 0 Å². The maximum absolute atomic E-state index is 9.40. The van der Waals surface area contributed by atoms with E-state index in [2.05, 4.69) is 36.1 Å². The maximum Gasteiger partial charge on any atom is 0.129 e. The van der Waals surface area contributed by atoms with Gasteiger partial charge in [-0.1, -0.05) is 25.6 Å². The lowest BCUT2D eigenvalue weighted by Crippen LogP contribution is -2.16. The summed E-state index contributed by atoms with van der Waals surface area (Å²) in [5, 5.41) is 9.40. The number of aliphatic hydroxyl groups is 1. The third kappa shape index (κ3) is 4.28. The predicted molar refractivity (Wildman–Crippen MR) is 65.1 cm³/mol. The molecular formula is C12H17NOSi. The minimum absolute atomic E-state index is 0.480. The standard InChI is InChI=1S/C12H17NOSi/c1-10(14)12-7-11(8-13-9-12)5-6-15(2,3)4/h7-10,14H,1-4H3. The zero-order valence-electron chi connectivity index (χ0n) is 9.70. The van der Waals surface area contributed by atoms with Gasteiger partial charge in [-0.2, -0.15) is 0 Å². The molecule has 1 unspecified atom stereocenters. The zero-order chi connectivity index (χ0) is 11.5. The molecule has 1 N–H and O–H groups in total. The molecule has 0 spiro atoms. The average molecular weight is 219 g/mol. The molecule has 0 aromatic carbocycles. The molecule has 2 nitrogen and oxygen atoms in total. The van der Waals surface area contributed by atoms with Crippen molar-refractivity contribution in [2.45, 2.75) is 32.7 Å². The van der Waals surface area contributed by atoms with Gasteiger partial charge >= 0.3 is 0 Å². The first-order valence-corrected chi connectivity index (χ1v) is 8.55. The summed E-state index contributed by atoms with van der Waals surface area (Å²) in [6.07, 6.45) is 2.93. The Morgan fingerprint density at radius 1 is 1.33 bits per heavy atom. The Labute approximate surface area is 92.4 Å². The molecule has 1 heterocycles. The Morgan fingerprint density at radius 3 is 2.53 bits per heavy atom. The van der Waals surface area contributed by atoms with Gasteiger partial charge in [-0.25, -0.2) is 0 Å². The van der Waals surface area contributed by atoms with E-state index in [1.54, 1.807) is 19.3 Å². The molecule has 3 heteroatoms. The van der Waals surface area contributed by atoms with E-state index in [4.69, 9.17) is 0 Å². The monoisotopic (exact) mass is 219 g/mol. The Kier molecular flexibility index (Phi) is 3.67. The lowest BCUT2D eigenvalue weighted by molar-refractivity contribution is 0.199. The van der Waals surface area contributed by atoms with Crippen molar-refractivity contribution in [2.75, 3.05) is 0 Å². The summed E-state index contributed by atoms with van der Waals surface area (Å²) in [6.45, 7) is 8.33. The maximum atomic E-state index is 9.40. The fraction of sp³-hybridized carbons (Fsp3) is 0.417. The van der Waals surface area contributed by atoms with Crippen molar-refractivity contribution < 1.29 is 5.11 Å². The second-order valence-corrected chi connectivity index (χ2v) is 9.43. The second kappa shape index (κ2) is 4.60. The molecule has 1 rings (SSSR count). The van der Waals surface area contributed by atoms with Crippen molar-refractivity contribution >= 4 is 8.07 Å². The van der Waals surface area contributed by atoms with Gasteiger partial charge in [-0.15, -0.1) is 5.54 Å². The third-order valence-electron chi connectivity index (χ3n) is 1.82. The molecule has 1 aromatic heterocycles. The molecule has 0 bridgehead atoms. The normalized spacial score (nSPS) is 12.9. The molecule has 0 saturated carbocycles. The molecule has 1 atom stereocenters. The van der Waals surface area contributed by atoms with Gasteiger partial charge in [0.2, 0.25) is 0 Å². The Balaban J connectivity index is 2.95. The van der Waals surface area contributed by atoms with Gasteiger partial charge in [-0.05, 0) is 18.6 Å². The van der Waals surface area contributed by atoms with Crippen molar-refractivity contribution in [3.63, 3.8) is 0 Å². The van der Waals surface area contributed by atoms with Gasteiger partial charge in [0, 0.05) is 18.0 Å². The summed E-state index contributed by atoms with van der Waals surface area (Å²) >= 11 is 0. The molecule has 0 aliphatic heterocycles. The molecule has 80 valence electrons. The van der Waals surface area contributed by atoms with Crippen LogP contribution in [-0.4, -0.2) is 18.2 Å². The van der Waals surface area contributed by atoms with Crippen LogP contribution >= 0.6 is 0 Å². The lowest BCUT2D eigenvalue weighted by atomic mass is 10.1. The third-order valence-corrected chi connectivity index (χ3v) is 2.70. The minimum Gasteiger partial charge on any atom is -0.389 e. The van der Waals surface area contributed by atoms with Gasteiger partial charge < -0.3 is 5.11 Å². The van der Waals surface area contributed by atoms with Crippen LogP contribution in [0.15, 0.2) is 18.5 Å². The molecular weight excluding hydrogens is 202 g/mol. The first-order valence-electron chi connectivity index (χ1n) is 5.05. The van der Waals surface area contributed by atoms with Crippen LogP contribution in [0.5, 0.6) is 0 Å². The van der Waals surface area contributed by atoms with Gasteiger partial charge in [-0.3, -0.25) is 4.98 Å². The molecule has 0 aliphatic rings. The Hall–Kier alpha value is -1.11. The first-order chi connectivity index (χ1) is 6.88. The van der Waals surface area contributed by atoms with Crippen LogP contribution in [0.1, 0.15) is 24.2 Å². The highest BCUT2D eigenvalue weighted by molar-refractivity contribution is 6.83. The zero-order valence-corrected chi connectivity index (χ0v) is 10.7. The molecule has 1 aromatic rings. The lowest BCUT2D eigenvalue weighted by Gasteiger charge is -2.05. The van der Waals surface area contributed by atoms with Gasteiger partial charge in [0.1, 0.15) is 8.07 Å². The number of rotatable bonds is 1. The highest BCUT2D eigenvalue weighted by Gasteiger charge is 2.07. The van der Waals surface area contributed by atoms with Crippen molar-refractivity contribution in [1.82, 2.24) is 4.98 Å². The van der Waals surface area contributed by atoms with E-state index in [9.17, 15) is 5.11 Å². The number of aliphatic hydroxyl groups excluding tert-OH is 1. The highest BCUT2D eigenvalue weighted by atomic mass is 28.3. The summed E-state index contributed by atoms with van der Waals surface area (Å²) in [5.41, 5.74) is 4.97. The number of hydrogen-bond donors (Lipinski definition) is 1. The molecule has 0 fully saturated rings. The largest absolute Gasteiger partial charge is 0.389 e. The van der Waals surface area contributed by atoms with Gasteiger partial charge in [0.25, 0.3) is 0 Å². The SMILES string of the molecule is CC(O)c1cncc(C#C[Si](C)(C)C)c1. The second-order valence-electron chi connectivity index (χ2n) is 4.68. The number of pyridine rings is 1. The van der Waals surface area contributed by atoms with Gasteiger partial charge in [0.15, 0.2) is 0 Å². The first kappa shape index (κ1) is 12.0. The van der Waals surface area contributed by atoms with E-state index in [1.807, 2.05) is 6.07 Å². The Morgan fingerprint density at radius 2 is 2.00 bits per heavy atom. The van der Waals surface area contributed by atoms with E-state index in [0.29, 0.717) is 0 Å². The molecule has 0 amide bonds. The van der Waals surface area contributed by atoms with Crippen LogP contribution in [0.4, 0.5) is 0 Å². The van der Waals surface area contributed by atoms with Gasteiger partial charge in [0.05, 0.1) is 6.10 Å². The average Bonchev–Trinajstić information content (AvgIpc) is 2.14. The van der Waals surface area contributed by atoms with E-state index < -0.39 is 14.2 Å². The number of aromatic nitrogens is 1. The topological polar surface area (TPSA) is 33.1 Å². The minimum atomic E-state index is -1.34. The molecule has 0 aliphatic carbocycles. The summed E-state index contributed by atoms with van der Waals surface area (Å²) in [4.78, 5) is 4.06. The Bertz CT molecular complexity index is 396. The fourth-order valence-corrected chi connectivity index (χ4v) is 1.53. The van der Waals surface area contributed by atoms with E-state index in [1.165, 1.54) is 0 Å². The van der Waals surface area contributed by atoms with Crippen LogP contribution in [0.2, 0.25) is 19.6 Å². The highest BCUT2D eigenvalue weighted by Crippen LogP contribution is 2.11. The van der Waals surface area contributed by atoms with E-state index in [-0.39, 0.29) is 0 Å². The molecule has 15 heavy (non-hydrogen) atoms. The summed E-state index contributed by atoms with van der Waals surface area (Å²) in [5.74, 6) is 3.12. The number of nitrogens with zero attached hydrogens (tertiary/aromatic N) is 1. The van der Waals surface area contributed by atoms with Crippen molar-refractivity contribution in [2.24, 2.45) is 0 Å². The van der Waals surface area contributed by atoms with Crippen LogP contribution < -0.4 is 0 Å². The van der Waals surface area contributed by atoms with Crippen LogP contribution in [-0.2, 0) is 0 Å². The summed E-state index contributed by atoms with van der Waals surface area (Å²) in [6, 6.07) is 1.89. The fourth-order valence-electron chi connectivity index (χ4n) is 1.01. The summed E-state index contributed by atoms with van der Waals surface area (Å²) in [7, 11) is -1.34. The smallest absolute Gasteiger partial charge is 0.129 e. The van der Waals surface area contributed by atoms with Crippen molar-refractivity contribution in [3.05, 3.63) is 29.6 Å². The summed E-state index contributed by atoms with van der Waals surface area (Å²) < 4.78 is 0. The van der Waals surface area contributed by atoms with Crippen molar-refractivity contribution in [3.8, 4) is 11.5 Å². The molecule has 0 saturated heterocycles. The van der Waals surface area contributed by atoms with E-state index >= 15 is 0 Å². The number of hydrogen-bond acceptors (Lipinski definition) is 2. The molecule has 0 radical (unpaired) electrons. The van der Waals surface area contributed by atoms with Crippen molar-refractivity contribution in [1.29, 1.82) is 0 Å². The van der Waals surface area contributed by atoms with Crippen LogP contribution in [0.25, 0.3) is 0 Å².